The fraction of sp³-hybridized carbons (Fsp3) is 0.500. The first kappa shape index (κ1) is 10.3. The summed E-state index contributed by atoms with van der Waals surface area (Å²) in [6.07, 6.45) is 2.31. The molecule has 62 valence electrons. The molecule has 0 aliphatic heterocycles. The minimum Gasteiger partial charge on any atom is -0.358 e. The highest BCUT2D eigenvalue weighted by molar-refractivity contribution is 9.09. The Bertz CT molecular complexity index is 191. The number of nitro groups is 1. The predicted octanol–water partition coefficient (Wildman–Crippen LogP) is 1.98. The van der Waals surface area contributed by atoms with Gasteiger partial charge in [-0.1, -0.05) is 27.8 Å². The van der Waals surface area contributed by atoms with Gasteiger partial charge in [0.05, 0.1) is 4.83 Å². The number of nitrogens with zero attached hydrogens (tertiary/aromatic N) is 2. The summed E-state index contributed by atoms with van der Waals surface area (Å²) in [7, 11) is 0. The van der Waals surface area contributed by atoms with E-state index in [0.717, 1.165) is 6.42 Å². The van der Waals surface area contributed by atoms with Gasteiger partial charge < -0.3 is 10.1 Å². The fourth-order valence-corrected chi connectivity index (χ4v) is 0.438. The maximum absolute atomic E-state index is 9.98. The highest BCUT2D eigenvalue weighted by atomic mass is 79.9. The molecule has 0 aromatic heterocycles. The van der Waals surface area contributed by atoms with Crippen LogP contribution in [0.3, 0.4) is 0 Å². The summed E-state index contributed by atoms with van der Waals surface area (Å²) in [4.78, 5) is 13.0. The van der Waals surface area contributed by atoms with E-state index < -0.39 is 4.92 Å². The van der Waals surface area contributed by atoms with Crippen molar-refractivity contribution in [1.82, 2.24) is 0 Å². The molecule has 0 rings (SSSR count). The van der Waals surface area contributed by atoms with Gasteiger partial charge in [-0.3, -0.25) is 0 Å². The zero-order valence-corrected chi connectivity index (χ0v) is 7.74. The Kier molecular flexibility index (Phi) is 4.69. The number of aliphatic imine (C=N–C) groups is 1. The lowest BCUT2D eigenvalue weighted by molar-refractivity contribution is -0.425. The average Bonchev–Trinajstić information content (AvgIpc) is 1.99. The molecule has 0 heterocycles. The lowest BCUT2D eigenvalue weighted by atomic mass is 10.4. The van der Waals surface area contributed by atoms with Crippen LogP contribution in [0.2, 0.25) is 0 Å². The first-order valence-corrected chi connectivity index (χ1v) is 4.01. The number of halogens is 1. The molecule has 0 unspecified atom stereocenters. The van der Waals surface area contributed by atoms with E-state index in [-0.39, 0.29) is 10.6 Å². The first-order chi connectivity index (χ1) is 5.07. The maximum Gasteiger partial charge on any atom is 0.355 e. The van der Waals surface area contributed by atoms with Crippen LogP contribution in [0.25, 0.3) is 0 Å². The minimum atomic E-state index is -0.619. The number of alkyl halides is 1. The topological polar surface area (TPSA) is 55.5 Å². The lowest BCUT2D eigenvalue weighted by Gasteiger charge is -1.92. The highest BCUT2D eigenvalue weighted by Crippen LogP contribution is 2.02. The monoisotopic (exact) mass is 220 g/mol. The number of hydrogen-bond acceptors (Lipinski definition) is 3. The van der Waals surface area contributed by atoms with E-state index in [1.807, 2.05) is 6.92 Å². The van der Waals surface area contributed by atoms with E-state index in [1.165, 1.54) is 6.21 Å². The van der Waals surface area contributed by atoms with Gasteiger partial charge in [0.1, 0.15) is 6.21 Å². The fourth-order valence-electron chi connectivity index (χ4n) is 0.319. The standard InChI is InChI=1S/C6H9BrN2O2/c1-3-6(7)4-8-5(2)9(10)11/h4,6H,2-3H2,1H3/b8-4-/t6-/m0/s1. The van der Waals surface area contributed by atoms with Crippen molar-refractivity contribution in [3.8, 4) is 0 Å². The normalized spacial score (nSPS) is 13.3. The van der Waals surface area contributed by atoms with Crippen molar-refractivity contribution in [2.24, 2.45) is 4.99 Å². The van der Waals surface area contributed by atoms with Gasteiger partial charge in [0.25, 0.3) is 0 Å². The van der Waals surface area contributed by atoms with Gasteiger partial charge in [-0.05, 0) is 17.9 Å². The zero-order chi connectivity index (χ0) is 8.85. The molecule has 0 aliphatic carbocycles. The van der Waals surface area contributed by atoms with Gasteiger partial charge in [0, 0.05) is 0 Å². The molecule has 0 spiro atoms. The van der Waals surface area contributed by atoms with Crippen molar-refractivity contribution in [1.29, 1.82) is 0 Å². The third-order valence-corrected chi connectivity index (χ3v) is 1.87. The van der Waals surface area contributed by atoms with Gasteiger partial charge in [-0.25, -0.2) is 0 Å². The molecule has 0 amide bonds. The van der Waals surface area contributed by atoms with E-state index in [1.54, 1.807) is 0 Å². The molecule has 0 aliphatic rings. The van der Waals surface area contributed by atoms with Crippen molar-refractivity contribution in [3.05, 3.63) is 22.5 Å². The summed E-state index contributed by atoms with van der Waals surface area (Å²) in [5, 5.41) is 9.98. The molecular formula is C6H9BrN2O2. The van der Waals surface area contributed by atoms with Crippen molar-refractivity contribution >= 4 is 22.1 Å². The van der Waals surface area contributed by atoms with E-state index in [4.69, 9.17) is 0 Å². The molecule has 11 heavy (non-hydrogen) atoms. The maximum atomic E-state index is 9.98. The van der Waals surface area contributed by atoms with Crippen LogP contribution in [0.15, 0.2) is 17.4 Å². The van der Waals surface area contributed by atoms with Crippen LogP contribution in [0.4, 0.5) is 0 Å². The SMILES string of the molecule is C=C(/N=C\[C@@H](Br)CC)[N+](=O)[O-]. The van der Waals surface area contributed by atoms with Crippen molar-refractivity contribution in [3.63, 3.8) is 0 Å². The van der Waals surface area contributed by atoms with Gasteiger partial charge in [0.2, 0.25) is 0 Å². The Morgan fingerprint density at radius 3 is 2.91 bits per heavy atom. The molecule has 1 atom stereocenters. The second-order valence-corrected chi connectivity index (χ2v) is 3.05. The van der Waals surface area contributed by atoms with Crippen molar-refractivity contribution in [2.45, 2.75) is 18.2 Å². The minimum absolute atomic E-state index is 0.0826. The van der Waals surface area contributed by atoms with E-state index in [2.05, 4.69) is 27.5 Å². The molecule has 0 bridgehead atoms. The lowest BCUT2D eigenvalue weighted by Crippen LogP contribution is -1.99. The first-order valence-electron chi connectivity index (χ1n) is 3.09. The summed E-state index contributed by atoms with van der Waals surface area (Å²) < 4.78 is 0. The Labute approximate surface area is 73.3 Å². The Morgan fingerprint density at radius 2 is 2.55 bits per heavy atom. The van der Waals surface area contributed by atoms with Crippen LogP contribution >= 0.6 is 15.9 Å². The average molecular weight is 221 g/mol. The summed E-state index contributed by atoms with van der Waals surface area (Å²) in [6.45, 7) is 5.09. The molecule has 4 nitrogen and oxygen atoms in total. The third-order valence-electron chi connectivity index (χ3n) is 0.986. The van der Waals surface area contributed by atoms with Crippen LogP contribution in [0, 0.1) is 10.1 Å². The van der Waals surface area contributed by atoms with Crippen LogP contribution in [0.1, 0.15) is 13.3 Å². The smallest absolute Gasteiger partial charge is 0.355 e. The molecule has 0 radical (unpaired) electrons. The number of hydrogen-bond donors (Lipinski definition) is 0. The van der Waals surface area contributed by atoms with Crippen molar-refractivity contribution < 1.29 is 4.92 Å². The predicted molar refractivity (Wildman–Crippen MR) is 47.6 cm³/mol. The molecule has 0 fully saturated rings. The quantitative estimate of drug-likeness (QED) is 0.315. The second-order valence-electron chi connectivity index (χ2n) is 1.88. The Balaban J connectivity index is 3.93. The Morgan fingerprint density at radius 1 is 2.00 bits per heavy atom. The van der Waals surface area contributed by atoms with Crippen molar-refractivity contribution in [2.75, 3.05) is 0 Å². The summed E-state index contributed by atoms with van der Waals surface area (Å²) in [5.41, 5.74) is 0. The van der Waals surface area contributed by atoms with E-state index in [9.17, 15) is 10.1 Å². The molecule has 0 aromatic rings. The summed E-state index contributed by atoms with van der Waals surface area (Å²) in [6, 6.07) is 0. The second kappa shape index (κ2) is 5.01. The molecule has 5 heteroatoms. The third kappa shape index (κ3) is 4.66. The van der Waals surface area contributed by atoms with Crippen LogP contribution in [-0.2, 0) is 0 Å². The van der Waals surface area contributed by atoms with E-state index >= 15 is 0 Å². The van der Waals surface area contributed by atoms with E-state index in [0.29, 0.717) is 0 Å². The number of rotatable bonds is 4. The Hall–Kier alpha value is -0.710. The van der Waals surface area contributed by atoms with Gasteiger partial charge in [-0.15, -0.1) is 0 Å². The zero-order valence-electron chi connectivity index (χ0n) is 6.16. The molecule has 0 N–H and O–H groups in total. The summed E-state index contributed by atoms with van der Waals surface area (Å²) >= 11 is 3.24. The van der Waals surface area contributed by atoms with Gasteiger partial charge in [-0.2, -0.15) is 0 Å². The highest BCUT2D eigenvalue weighted by Gasteiger charge is 2.03. The molecule has 0 saturated carbocycles. The largest absolute Gasteiger partial charge is 0.358 e. The molecule has 0 saturated heterocycles. The van der Waals surface area contributed by atoms with Gasteiger partial charge >= 0.3 is 5.82 Å². The molecule has 0 aromatic carbocycles. The molecular weight excluding hydrogens is 212 g/mol. The van der Waals surface area contributed by atoms with Crippen LogP contribution in [0.5, 0.6) is 0 Å². The summed E-state index contributed by atoms with van der Waals surface area (Å²) in [5.74, 6) is -0.331. The van der Waals surface area contributed by atoms with Gasteiger partial charge in [0.15, 0.2) is 0 Å². The van der Waals surface area contributed by atoms with Crippen LogP contribution < -0.4 is 0 Å². The van der Waals surface area contributed by atoms with Crippen LogP contribution in [-0.4, -0.2) is 16.0 Å².